The summed E-state index contributed by atoms with van der Waals surface area (Å²) >= 11 is 0. The van der Waals surface area contributed by atoms with E-state index in [0.717, 1.165) is 68.5 Å². The summed E-state index contributed by atoms with van der Waals surface area (Å²) in [6.45, 7) is 47.7. The Morgan fingerprint density at radius 3 is 0.680 bits per heavy atom. The Hall–Kier alpha value is -6.70. The van der Waals surface area contributed by atoms with Crippen molar-refractivity contribution >= 4 is 82.1 Å². The smallest absolute Gasteiger partial charge is 0.355 e. The summed E-state index contributed by atoms with van der Waals surface area (Å²) < 4.78 is 34.9. The molecule has 26 nitrogen and oxygen atoms in total. The summed E-state index contributed by atoms with van der Waals surface area (Å²) in [6.07, 6.45) is 5.74. The minimum atomic E-state index is -0.753. The number of esters is 6. The molecular weight excluding hydrogens is 1280 g/mol. The molecule has 0 spiro atoms. The second kappa shape index (κ2) is 49.0. The lowest BCUT2D eigenvalue weighted by atomic mass is 9.96. The van der Waals surface area contributed by atoms with Gasteiger partial charge in [-0.3, -0.25) is 53.5 Å². The van der Waals surface area contributed by atoms with Crippen molar-refractivity contribution in [2.24, 2.45) is 30.3 Å². The predicted octanol–water partition coefficient (Wildman–Crippen LogP) is 13.3. The van der Waals surface area contributed by atoms with Crippen LogP contribution in [0.2, 0.25) is 0 Å². The quantitative estimate of drug-likeness (QED) is 0.0190. The Bertz CT molecular complexity index is 2650. The highest BCUT2D eigenvalue weighted by molar-refractivity contribution is 5.90. The number of rotatable bonds is 51. The van der Waals surface area contributed by atoms with Crippen molar-refractivity contribution < 1.29 is 66.8 Å². The number of carbonyl (C=O) groups is 8. The van der Waals surface area contributed by atoms with E-state index >= 15 is 0 Å². The zero-order valence-corrected chi connectivity index (χ0v) is 66.1. The van der Waals surface area contributed by atoms with E-state index in [1.165, 1.54) is 0 Å². The third-order valence-corrected chi connectivity index (χ3v) is 18.2. The molecular formula is C74H134N12O14. The number of nitrogens with one attached hydrogen (secondary N) is 4. The minimum Gasteiger partial charge on any atom is -0.461 e. The Balaban J connectivity index is 5.75. The molecule has 26 heteroatoms. The molecule has 0 aliphatic carbocycles. The van der Waals surface area contributed by atoms with Crippen LogP contribution in [-0.2, 0) is 57.2 Å². The van der Waals surface area contributed by atoms with Crippen molar-refractivity contribution in [2.45, 2.75) is 353 Å². The van der Waals surface area contributed by atoms with Crippen molar-refractivity contribution in [3.8, 4) is 0 Å². The Morgan fingerprint density at radius 1 is 0.300 bits per heavy atom. The van der Waals surface area contributed by atoms with Gasteiger partial charge in [-0.05, 0) is 201 Å². The zero-order valence-electron chi connectivity index (χ0n) is 66.1. The third kappa shape index (κ3) is 43.8. The Morgan fingerprint density at radius 2 is 0.490 bits per heavy atom. The molecule has 0 aromatic heterocycles. The lowest BCUT2D eigenvalue weighted by Crippen LogP contribution is -2.48. The van der Waals surface area contributed by atoms with Crippen molar-refractivity contribution in [1.82, 2.24) is 31.4 Å². The molecule has 0 radical (unpaired) electrons. The second-order valence-electron chi connectivity index (χ2n) is 28.3. The molecule has 6 unspecified atom stereocenters. The Kier molecular flexibility index (Phi) is 45.7. The summed E-state index contributed by atoms with van der Waals surface area (Å²) in [6, 6.07) is -1.18. The SMILES string of the molecule is CCC(C)(CC)N=C(C)CCC(=O)OC(C)CN(CC(C)OC(=O)CCC(C)=NNC(=O)NN=C(C)CCC(=O)OC(C)CN(CC(C)OC(=O)CCC(C)=NC(C)(CC)CC)CC(C)OC(=O)CCC(C)=NC(C)(CC)CC)CC(C)OC(=O)CCC(C)=NNC(=O)NC(C)(CC)CC. The van der Waals surface area contributed by atoms with Gasteiger partial charge in [0.25, 0.3) is 0 Å². The molecule has 4 amide bonds. The fourth-order valence-corrected chi connectivity index (χ4v) is 10.4. The van der Waals surface area contributed by atoms with Gasteiger partial charge in [0.15, 0.2) is 0 Å². The predicted molar refractivity (Wildman–Crippen MR) is 400 cm³/mol. The number of nitrogens with zero attached hydrogens (tertiary/aromatic N) is 8. The monoisotopic (exact) mass is 1420 g/mol. The highest BCUT2D eigenvalue weighted by atomic mass is 16.6. The van der Waals surface area contributed by atoms with Crippen LogP contribution in [0.1, 0.15) is 295 Å². The maximum Gasteiger partial charge on any atom is 0.355 e. The summed E-state index contributed by atoms with van der Waals surface area (Å²) in [5.74, 6) is -2.58. The maximum atomic E-state index is 13.2. The van der Waals surface area contributed by atoms with Crippen molar-refractivity contribution in [3.05, 3.63) is 0 Å². The first-order chi connectivity index (χ1) is 46.7. The topological polar surface area (TPSA) is 321 Å². The van der Waals surface area contributed by atoms with Crippen LogP contribution in [0.5, 0.6) is 0 Å². The molecule has 0 aromatic rings. The number of hydrazone groups is 3. The molecule has 6 atom stereocenters. The summed E-state index contributed by atoms with van der Waals surface area (Å²) in [4.78, 5) is 122. The molecule has 0 aliphatic heterocycles. The van der Waals surface area contributed by atoms with Gasteiger partial charge in [0, 0.05) is 79.1 Å². The standard InChI is InChI=1S/C74H134N12O14/c1-25-71(21,26-2)75-51(9)33-39-63(87)95-57(15)45-85(46-58(16)96-64(88)40-34-52(10)76-72(22,27-3)28-4)48-61(19)99-67(91)43-37-55(13)80-83-70(94)84-81-56(14)38-44-68(92)100-62(20)50-86(47-59(17)97-65(89)41-35-53(11)77-73(23,29-5)30-6)49-60(18)98-66(90)42-36-54(12)79-82-69(93)78-74(24,31-7)32-8/h57-62H,25-50H2,1-24H3,(H2,78,82,93)(H2,83,84,94). The molecule has 0 saturated heterocycles. The number of hydrogen-bond acceptors (Lipinski definition) is 22. The number of ether oxygens (including phenoxy) is 6. The lowest BCUT2D eigenvalue weighted by molar-refractivity contribution is -0.154. The van der Waals surface area contributed by atoms with Gasteiger partial charge in [-0.2, -0.15) is 15.3 Å². The van der Waals surface area contributed by atoms with E-state index in [1.807, 2.05) is 51.3 Å². The van der Waals surface area contributed by atoms with Gasteiger partial charge in [0.2, 0.25) is 0 Å². The first-order valence-corrected chi connectivity index (χ1v) is 36.7. The van der Waals surface area contributed by atoms with Crippen LogP contribution >= 0.6 is 0 Å². The van der Waals surface area contributed by atoms with E-state index in [0.29, 0.717) is 36.4 Å². The van der Waals surface area contributed by atoms with Crippen LogP contribution in [-0.4, -0.2) is 190 Å². The van der Waals surface area contributed by atoms with E-state index in [4.69, 9.17) is 43.4 Å². The average Bonchev–Trinajstić information content (AvgIpc) is 0.932. The van der Waals surface area contributed by atoms with Gasteiger partial charge in [0.1, 0.15) is 36.6 Å². The molecule has 4 N–H and O–H groups in total. The van der Waals surface area contributed by atoms with E-state index in [1.54, 1.807) is 62.3 Å². The van der Waals surface area contributed by atoms with Gasteiger partial charge >= 0.3 is 47.9 Å². The number of hydrogen-bond donors (Lipinski definition) is 4. The molecule has 0 saturated carbocycles. The lowest BCUT2D eigenvalue weighted by Gasteiger charge is -2.30. The molecule has 0 bridgehead atoms. The zero-order chi connectivity index (χ0) is 76.4. The molecule has 100 heavy (non-hydrogen) atoms. The first-order valence-electron chi connectivity index (χ1n) is 36.7. The minimum absolute atomic E-state index is 0.0184. The molecule has 0 fully saturated rings. The van der Waals surface area contributed by atoms with Crippen LogP contribution < -0.4 is 21.6 Å². The van der Waals surface area contributed by atoms with Crippen molar-refractivity contribution in [3.63, 3.8) is 0 Å². The highest BCUT2D eigenvalue weighted by Crippen LogP contribution is 2.23. The van der Waals surface area contributed by atoms with Gasteiger partial charge in [-0.25, -0.2) is 25.9 Å². The maximum absolute atomic E-state index is 13.2. The summed E-state index contributed by atoms with van der Waals surface area (Å²) in [7, 11) is 0. The number of urea groups is 2. The molecule has 574 valence electrons. The highest BCUT2D eigenvalue weighted by Gasteiger charge is 2.28. The van der Waals surface area contributed by atoms with Gasteiger partial charge in [-0.1, -0.05) is 55.4 Å². The molecule has 0 rings (SSSR count). The van der Waals surface area contributed by atoms with Crippen LogP contribution in [0.25, 0.3) is 0 Å². The van der Waals surface area contributed by atoms with Crippen LogP contribution in [0.3, 0.4) is 0 Å². The van der Waals surface area contributed by atoms with E-state index in [2.05, 4.69) is 99.2 Å². The van der Waals surface area contributed by atoms with Crippen molar-refractivity contribution in [1.29, 1.82) is 0 Å². The van der Waals surface area contributed by atoms with Crippen LogP contribution in [0.4, 0.5) is 9.59 Å². The summed E-state index contributed by atoms with van der Waals surface area (Å²) in [5.41, 5.74) is 10.4. The number of aliphatic imine (C=N–C) groups is 3. The van der Waals surface area contributed by atoms with Gasteiger partial charge in [-0.15, -0.1) is 0 Å². The summed E-state index contributed by atoms with van der Waals surface area (Å²) in [5, 5.41) is 15.2. The fraction of sp³-hybridized carbons (Fsp3) is 0.811. The number of carbonyl (C=O) groups excluding carboxylic acids is 8. The van der Waals surface area contributed by atoms with Gasteiger partial charge in [0.05, 0.1) is 55.1 Å². The first kappa shape index (κ1) is 93.3. The molecule has 0 aliphatic rings. The van der Waals surface area contributed by atoms with Crippen LogP contribution in [0.15, 0.2) is 30.3 Å². The molecule has 0 aromatic carbocycles. The second-order valence-corrected chi connectivity index (χ2v) is 28.3. The van der Waals surface area contributed by atoms with Gasteiger partial charge < -0.3 is 33.7 Å². The van der Waals surface area contributed by atoms with E-state index < -0.39 is 66.6 Å². The normalized spacial score (nSPS) is 15.1. The van der Waals surface area contributed by atoms with Crippen molar-refractivity contribution in [2.75, 3.05) is 39.3 Å². The largest absolute Gasteiger partial charge is 0.461 e. The fourth-order valence-electron chi connectivity index (χ4n) is 10.4. The Labute approximate surface area is 600 Å². The van der Waals surface area contributed by atoms with E-state index in [9.17, 15) is 38.4 Å². The van der Waals surface area contributed by atoms with E-state index in [-0.39, 0.29) is 137 Å². The number of amides is 4. The average molecular weight is 1420 g/mol. The third-order valence-electron chi connectivity index (χ3n) is 18.2. The molecule has 0 heterocycles. The van der Waals surface area contributed by atoms with Crippen LogP contribution in [0, 0.1) is 0 Å².